The van der Waals surface area contributed by atoms with Crippen molar-refractivity contribution < 1.29 is 26.2 Å². The van der Waals surface area contributed by atoms with Gasteiger partial charge in [-0.3, -0.25) is 0 Å². The second kappa shape index (κ2) is 7.27. The molecule has 0 aromatic carbocycles. The molecule has 0 heterocycles. The fourth-order valence-electron chi connectivity index (χ4n) is 1.90. The minimum Gasteiger partial charge on any atom is -0.301 e. The zero-order valence-corrected chi connectivity index (χ0v) is 11.7. The molecular weight excluding hydrogens is 225 g/mol. The second-order valence-corrected chi connectivity index (χ2v) is 3.30. The Kier molecular flexibility index (Phi) is 9.28. The Morgan fingerprint density at radius 2 is 1.25 bits per heavy atom. The summed E-state index contributed by atoms with van der Waals surface area (Å²) < 4.78 is 0. The van der Waals surface area contributed by atoms with Gasteiger partial charge in [0.1, 0.15) is 0 Å². The van der Waals surface area contributed by atoms with Crippen LogP contribution in [0.3, 0.4) is 0 Å². The van der Waals surface area contributed by atoms with E-state index in [2.05, 4.69) is 39.6 Å². The van der Waals surface area contributed by atoms with E-state index in [1.165, 1.54) is 19.3 Å². The molecule has 0 aromatic heterocycles. The first-order chi connectivity index (χ1) is 5.16. The van der Waals surface area contributed by atoms with Gasteiger partial charge in [0.2, 0.25) is 0 Å². The molecule has 0 bridgehead atoms. The fourth-order valence-corrected chi connectivity index (χ4v) is 1.90. The zero-order chi connectivity index (χ0) is 8.91. The summed E-state index contributed by atoms with van der Waals surface area (Å²) in [5.41, 5.74) is 0.467. The molecule has 2 heteroatoms. The first-order valence-electron chi connectivity index (χ1n) is 4.88. The predicted octanol–water partition coefficient (Wildman–Crippen LogP) is 2.90. The van der Waals surface area contributed by atoms with Crippen LogP contribution in [-0.2, 0) is 26.2 Å². The van der Waals surface area contributed by atoms with Crippen molar-refractivity contribution in [3.63, 3.8) is 0 Å². The van der Waals surface area contributed by atoms with E-state index in [9.17, 15) is 0 Å². The van der Waals surface area contributed by atoms with Crippen molar-refractivity contribution in [2.75, 3.05) is 13.6 Å². The van der Waals surface area contributed by atoms with Gasteiger partial charge in [-0.25, -0.2) is 0 Å². The molecule has 0 saturated carbocycles. The minimum atomic E-state index is 0. The summed E-state index contributed by atoms with van der Waals surface area (Å²) in [7, 11) is 2.23. The fraction of sp³-hybridized carbons (Fsp3) is 1.00. The van der Waals surface area contributed by atoms with Crippen LogP contribution < -0.4 is 0 Å². The Morgan fingerprint density at radius 3 is 1.33 bits per heavy atom. The smallest absolute Gasteiger partial charge is 0.0198 e. The summed E-state index contributed by atoms with van der Waals surface area (Å²) in [4.78, 5) is 2.48. The molecule has 72 valence electrons. The first kappa shape index (κ1) is 15.3. The number of rotatable bonds is 5. The van der Waals surface area contributed by atoms with Crippen LogP contribution in [0.4, 0.5) is 0 Å². The van der Waals surface area contributed by atoms with Crippen LogP contribution in [0.1, 0.15) is 47.0 Å². The van der Waals surface area contributed by atoms with Crippen molar-refractivity contribution in [3.05, 3.63) is 0 Å². The van der Waals surface area contributed by atoms with Crippen molar-refractivity contribution in [2.45, 2.75) is 52.5 Å². The third-order valence-corrected chi connectivity index (χ3v) is 3.26. The molecule has 0 N–H and O–H groups in total. The molecule has 0 aliphatic rings. The molecule has 0 aliphatic heterocycles. The summed E-state index contributed by atoms with van der Waals surface area (Å²) in [6, 6.07) is 0. The first-order valence-corrected chi connectivity index (χ1v) is 4.88. The molecule has 12 heavy (non-hydrogen) atoms. The van der Waals surface area contributed by atoms with Gasteiger partial charge in [-0.15, -0.1) is 0 Å². The molecule has 0 amide bonds. The van der Waals surface area contributed by atoms with Crippen molar-refractivity contribution in [2.24, 2.45) is 0 Å². The van der Waals surface area contributed by atoms with E-state index in [-0.39, 0.29) is 26.2 Å². The molecule has 0 unspecified atom stereocenters. The summed E-state index contributed by atoms with van der Waals surface area (Å²) >= 11 is 0. The van der Waals surface area contributed by atoms with E-state index in [1.807, 2.05) is 0 Å². The summed E-state index contributed by atoms with van der Waals surface area (Å²) in [5, 5.41) is 0. The molecule has 0 fully saturated rings. The number of hydrogen-bond donors (Lipinski definition) is 0. The maximum absolute atomic E-state index is 2.48. The van der Waals surface area contributed by atoms with Crippen LogP contribution in [-0.4, -0.2) is 24.0 Å². The Bertz CT molecular complexity index is 91.7. The van der Waals surface area contributed by atoms with E-state index < -0.39 is 0 Å². The average molecular weight is 249 g/mol. The normalized spacial score (nSPS) is 11.5. The van der Waals surface area contributed by atoms with Gasteiger partial charge in [0.25, 0.3) is 0 Å². The van der Waals surface area contributed by atoms with Crippen LogP contribution in [0.25, 0.3) is 0 Å². The van der Waals surface area contributed by atoms with E-state index in [4.69, 9.17) is 0 Å². The van der Waals surface area contributed by atoms with Gasteiger partial charge in [0.05, 0.1) is 0 Å². The largest absolute Gasteiger partial charge is 0.301 e. The average Bonchev–Trinajstić information content (AvgIpc) is 2.08. The zero-order valence-electron chi connectivity index (χ0n) is 9.28. The quantitative estimate of drug-likeness (QED) is 0.723. The standard InChI is InChI=1S/C10H23N.Zr/c1-6-10(7-2,8-3)11(5)9-4;/h6-9H2,1-5H3;. The van der Waals surface area contributed by atoms with Gasteiger partial charge >= 0.3 is 0 Å². The molecule has 0 saturated heterocycles. The van der Waals surface area contributed by atoms with Crippen molar-refractivity contribution in [1.29, 1.82) is 0 Å². The molecule has 0 spiro atoms. The van der Waals surface area contributed by atoms with E-state index >= 15 is 0 Å². The molecule has 0 aromatic rings. The summed E-state index contributed by atoms with van der Waals surface area (Å²) in [6.45, 7) is 10.3. The topological polar surface area (TPSA) is 3.24 Å². The Hall–Kier alpha value is 0.843. The van der Waals surface area contributed by atoms with Gasteiger partial charge in [0.15, 0.2) is 0 Å². The van der Waals surface area contributed by atoms with Gasteiger partial charge in [0, 0.05) is 31.7 Å². The van der Waals surface area contributed by atoms with Crippen LogP contribution in [0.5, 0.6) is 0 Å². The van der Waals surface area contributed by atoms with Crippen LogP contribution >= 0.6 is 0 Å². The third kappa shape index (κ3) is 3.30. The maximum Gasteiger partial charge on any atom is 0.0198 e. The van der Waals surface area contributed by atoms with Crippen molar-refractivity contribution in [3.8, 4) is 0 Å². The maximum atomic E-state index is 2.48. The molecule has 1 nitrogen and oxygen atoms in total. The predicted molar refractivity (Wildman–Crippen MR) is 51.9 cm³/mol. The van der Waals surface area contributed by atoms with Crippen LogP contribution in [0.2, 0.25) is 0 Å². The van der Waals surface area contributed by atoms with E-state index in [0.29, 0.717) is 5.54 Å². The minimum absolute atomic E-state index is 0. The van der Waals surface area contributed by atoms with E-state index in [0.717, 1.165) is 6.54 Å². The van der Waals surface area contributed by atoms with Gasteiger partial charge in [-0.1, -0.05) is 27.7 Å². The molecule has 0 atom stereocenters. The number of hydrogen-bond acceptors (Lipinski definition) is 1. The Labute approximate surface area is 97.0 Å². The van der Waals surface area contributed by atoms with Crippen molar-refractivity contribution in [1.82, 2.24) is 4.90 Å². The summed E-state index contributed by atoms with van der Waals surface area (Å²) in [6.07, 6.45) is 3.80. The SMILES string of the molecule is CCN(C)C(CC)(CC)CC.[Zr]. The molecule has 0 radical (unpaired) electrons. The van der Waals surface area contributed by atoms with E-state index in [1.54, 1.807) is 0 Å². The summed E-state index contributed by atoms with van der Waals surface area (Å²) in [5.74, 6) is 0. The Morgan fingerprint density at radius 1 is 0.917 bits per heavy atom. The van der Waals surface area contributed by atoms with Gasteiger partial charge in [-0.05, 0) is 32.9 Å². The molecular formula is C10H23NZr. The number of nitrogens with zero attached hydrogens (tertiary/aromatic N) is 1. The van der Waals surface area contributed by atoms with Crippen molar-refractivity contribution >= 4 is 0 Å². The van der Waals surface area contributed by atoms with Gasteiger partial charge in [-0.2, -0.15) is 0 Å². The van der Waals surface area contributed by atoms with Crippen LogP contribution in [0, 0.1) is 0 Å². The second-order valence-electron chi connectivity index (χ2n) is 3.30. The Balaban J connectivity index is 0. The molecule has 0 aliphatic carbocycles. The monoisotopic (exact) mass is 247 g/mol. The van der Waals surface area contributed by atoms with Crippen LogP contribution in [0.15, 0.2) is 0 Å². The third-order valence-electron chi connectivity index (χ3n) is 3.26. The van der Waals surface area contributed by atoms with Gasteiger partial charge < -0.3 is 4.90 Å². The molecule has 0 rings (SSSR count).